The Morgan fingerprint density at radius 1 is 1.21 bits per heavy atom. The Kier molecular flexibility index (Phi) is 6.50. The van der Waals surface area contributed by atoms with E-state index in [1.165, 1.54) is 30.4 Å². The number of benzene rings is 1. The lowest BCUT2D eigenvalue weighted by molar-refractivity contribution is -0.0504. The minimum Gasteiger partial charge on any atom is -0.507 e. The summed E-state index contributed by atoms with van der Waals surface area (Å²) in [6, 6.07) is 4.89. The highest BCUT2D eigenvalue weighted by molar-refractivity contribution is 7.46. The molecule has 0 unspecified atom stereocenters. The lowest BCUT2D eigenvalue weighted by Crippen LogP contribution is -2.33. The largest absolute Gasteiger partial charge is 0.507 e. The first-order chi connectivity index (χ1) is 15.7. The number of aliphatic hydroxyl groups is 2. The van der Waals surface area contributed by atoms with Crippen molar-refractivity contribution < 1.29 is 43.7 Å². The fourth-order valence-electron chi connectivity index (χ4n) is 3.53. The van der Waals surface area contributed by atoms with Crippen LogP contribution in [-0.2, 0) is 20.4 Å². The molecule has 0 radical (unpaired) electrons. The number of phenols is 1. The molecule has 14 nitrogen and oxygen atoms in total. The van der Waals surface area contributed by atoms with E-state index in [0.717, 1.165) is 0 Å². The number of nitrogens with zero attached hydrogens (tertiary/aromatic N) is 4. The van der Waals surface area contributed by atoms with Gasteiger partial charge in [-0.25, -0.2) is 19.5 Å². The Bertz CT molecular complexity index is 1190. The molecule has 1 saturated heterocycles. The van der Waals surface area contributed by atoms with Crippen molar-refractivity contribution in [2.24, 2.45) is 0 Å². The molecule has 3 heterocycles. The second-order valence-corrected chi connectivity index (χ2v) is 8.43. The molecule has 6 N–H and O–H groups in total. The normalized spacial score (nSPS) is 23.2. The van der Waals surface area contributed by atoms with Crippen molar-refractivity contribution in [2.75, 3.05) is 19.0 Å². The summed E-state index contributed by atoms with van der Waals surface area (Å²) in [4.78, 5) is 30.3. The lowest BCUT2D eigenvalue weighted by Gasteiger charge is -2.16. The average molecular weight is 483 g/mol. The van der Waals surface area contributed by atoms with Gasteiger partial charge in [-0.3, -0.25) is 9.09 Å². The molecule has 1 aliphatic heterocycles. The van der Waals surface area contributed by atoms with E-state index >= 15 is 0 Å². The quantitative estimate of drug-likeness (QED) is 0.232. The topological polar surface area (TPSA) is 202 Å². The summed E-state index contributed by atoms with van der Waals surface area (Å²) in [6.07, 6.45) is -2.65. The number of phenolic OH excluding ortho intramolecular Hbond substituents is 1. The molecule has 1 fully saturated rings. The second-order valence-electron chi connectivity index (χ2n) is 7.19. The number of phosphoric acid groups is 1. The maximum Gasteiger partial charge on any atom is 0.469 e. The van der Waals surface area contributed by atoms with Gasteiger partial charge in [-0.15, -0.1) is 0 Å². The van der Waals surface area contributed by atoms with Gasteiger partial charge >= 0.3 is 7.82 Å². The Labute approximate surface area is 186 Å². The average Bonchev–Trinajstić information content (AvgIpc) is 3.32. The predicted octanol–water partition coefficient (Wildman–Crippen LogP) is -0.119. The summed E-state index contributed by atoms with van der Waals surface area (Å²) in [6.45, 7) is -0.465. The van der Waals surface area contributed by atoms with E-state index in [4.69, 9.17) is 19.3 Å². The van der Waals surface area contributed by atoms with Gasteiger partial charge in [0.15, 0.2) is 23.2 Å². The van der Waals surface area contributed by atoms with E-state index in [0.29, 0.717) is 22.6 Å². The third-order valence-corrected chi connectivity index (χ3v) is 5.62. The van der Waals surface area contributed by atoms with Crippen LogP contribution >= 0.6 is 7.82 Å². The van der Waals surface area contributed by atoms with Crippen molar-refractivity contribution in [1.82, 2.24) is 19.5 Å². The molecular formula is C18H22N5O9P. The smallest absolute Gasteiger partial charge is 0.469 e. The molecule has 4 rings (SSSR count). The third-order valence-electron chi connectivity index (χ3n) is 5.14. The number of anilines is 1. The molecule has 15 heteroatoms. The van der Waals surface area contributed by atoms with Crippen LogP contribution in [0.15, 0.2) is 30.9 Å². The summed E-state index contributed by atoms with van der Waals surface area (Å²) in [5.74, 6) is 0.856. The standard InChI is InChI=1S/C18H22N5O9P/c1-30-11-4-2-3-10(24)9(11)5-19-16-13-17(21-7-20-16)23(8-22-13)18-15(26)14(25)12(32-18)6-31-33(27,28)29/h2-4,7-8,12,14-15,18,24-26H,5-6H2,1H3,(H,19,20,21)(H2,27,28,29)/t12-,14-,15-,18-/m1/s1. The van der Waals surface area contributed by atoms with Crippen molar-refractivity contribution in [3.63, 3.8) is 0 Å². The fraction of sp³-hybridized carbons (Fsp3) is 0.389. The van der Waals surface area contributed by atoms with Crippen molar-refractivity contribution in [3.8, 4) is 11.5 Å². The molecule has 178 valence electrons. The molecule has 3 aromatic rings. The molecule has 0 amide bonds. The molecule has 0 spiro atoms. The summed E-state index contributed by atoms with van der Waals surface area (Å²) >= 11 is 0. The number of aromatic hydroxyl groups is 1. The first-order valence-electron chi connectivity index (χ1n) is 9.67. The second kappa shape index (κ2) is 9.19. The molecule has 33 heavy (non-hydrogen) atoms. The number of hydrogen-bond donors (Lipinski definition) is 6. The zero-order valence-corrected chi connectivity index (χ0v) is 18.1. The number of ether oxygens (including phenoxy) is 2. The van der Waals surface area contributed by atoms with E-state index in [2.05, 4.69) is 24.8 Å². The molecule has 0 saturated carbocycles. The van der Waals surface area contributed by atoms with Gasteiger partial charge in [-0.1, -0.05) is 6.07 Å². The highest BCUT2D eigenvalue weighted by atomic mass is 31.2. The van der Waals surface area contributed by atoms with E-state index in [9.17, 15) is 19.9 Å². The zero-order valence-electron chi connectivity index (χ0n) is 17.2. The van der Waals surface area contributed by atoms with Crippen molar-refractivity contribution >= 4 is 24.8 Å². The van der Waals surface area contributed by atoms with Crippen molar-refractivity contribution in [3.05, 3.63) is 36.4 Å². The van der Waals surface area contributed by atoms with Gasteiger partial charge in [-0.2, -0.15) is 0 Å². The molecular weight excluding hydrogens is 461 g/mol. The Balaban J connectivity index is 1.56. The van der Waals surface area contributed by atoms with Crippen molar-refractivity contribution in [1.29, 1.82) is 0 Å². The number of fused-ring (bicyclic) bond motifs is 1. The highest BCUT2D eigenvalue weighted by Gasteiger charge is 2.45. The van der Waals surface area contributed by atoms with Gasteiger partial charge in [0.1, 0.15) is 36.1 Å². The Morgan fingerprint density at radius 2 is 2.00 bits per heavy atom. The van der Waals surface area contributed by atoms with Crippen molar-refractivity contribution in [2.45, 2.75) is 31.1 Å². The van der Waals surface area contributed by atoms with Gasteiger partial charge < -0.3 is 39.9 Å². The number of aliphatic hydroxyl groups excluding tert-OH is 2. The number of aromatic nitrogens is 4. The number of hydrogen-bond acceptors (Lipinski definition) is 11. The highest BCUT2D eigenvalue weighted by Crippen LogP contribution is 2.39. The van der Waals surface area contributed by atoms with Gasteiger partial charge in [0.2, 0.25) is 0 Å². The van der Waals surface area contributed by atoms with E-state index in [1.807, 2.05) is 0 Å². The first-order valence-corrected chi connectivity index (χ1v) is 11.2. The summed E-state index contributed by atoms with van der Waals surface area (Å²) in [5.41, 5.74) is 1.11. The van der Waals surface area contributed by atoms with Crippen LogP contribution in [0.2, 0.25) is 0 Å². The van der Waals surface area contributed by atoms with E-state index < -0.39 is 39.0 Å². The molecule has 1 aromatic carbocycles. The van der Waals surface area contributed by atoms with Crippen LogP contribution in [0, 0.1) is 0 Å². The van der Waals surface area contributed by atoms with Crippen LogP contribution in [0.25, 0.3) is 11.2 Å². The Hall–Kier alpha value is -2.84. The number of phosphoric ester groups is 1. The number of imidazole rings is 1. The molecule has 0 bridgehead atoms. The van der Waals surface area contributed by atoms with Crippen LogP contribution in [-0.4, -0.2) is 76.7 Å². The SMILES string of the molecule is COc1cccc(O)c1CNc1ncnc2c1ncn2[C@@H]1O[C@H](COP(=O)(O)O)[C@@H](O)[C@H]1O. The van der Waals surface area contributed by atoms with Gasteiger partial charge in [0, 0.05) is 6.54 Å². The monoisotopic (exact) mass is 483 g/mol. The minimum absolute atomic E-state index is 0.0395. The molecule has 0 aliphatic carbocycles. The van der Waals surface area contributed by atoms with Crippen LogP contribution in [0.1, 0.15) is 11.8 Å². The number of nitrogens with one attached hydrogen (secondary N) is 1. The predicted molar refractivity (Wildman–Crippen MR) is 111 cm³/mol. The lowest BCUT2D eigenvalue weighted by atomic mass is 10.1. The minimum atomic E-state index is -4.78. The maximum absolute atomic E-state index is 10.9. The summed E-state index contributed by atoms with van der Waals surface area (Å²) < 4.78 is 27.5. The van der Waals surface area contributed by atoms with E-state index in [-0.39, 0.29) is 17.9 Å². The van der Waals surface area contributed by atoms with Gasteiger partial charge in [0.25, 0.3) is 0 Å². The third kappa shape index (κ3) is 4.77. The number of rotatable bonds is 8. The Morgan fingerprint density at radius 3 is 2.73 bits per heavy atom. The van der Waals surface area contributed by atoms with Crippen LogP contribution in [0.5, 0.6) is 11.5 Å². The zero-order chi connectivity index (χ0) is 23.8. The van der Waals surface area contributed by atoms with Crippen LogP contribution < -0.4 is 10.1 Å². The summed E-state index contributed by atoms with van der Waals surface area (Å²) in [7, 11) is -3.29. The van der Waals surface area contributed by atoms with Gasteiger partial charge in [0.05, 0.1) is 25.6 Å². The van der Waals surface area contributed by atoms with Crippen LogP contribution in [0.4, 0.5) is 5.82 Å². The fourth-order valence-corrected chi connectivity index (χ4v) is 3.87. The maximum atomic E-state index is 10.9. The summed E-state index contributed by atoms with van der Waals surface area (Å²) in [5, 5.41) is 33.8. The number of methoxy groups -OCH3 is 1. The molecule has 1 aliphatic rings. The van der Waals surface area contributed by atoms with Crippen LogP contribution in [0.3, 0.4) is 0 Å². The van der Waals surface area contributed by atoms with E-state index in [1.54, 1.807) is 12.1 Å². The van der Waals surface area contributed by atoms with Gasteiger partial charge in [-0.05, 0) is 12.1 Å². The molecule has 2 aromatic heterocycles. The first kappa shape index (κ1) is 23.3. The molecule has 4 atom stereocenters.